The Bertz CT molecular complexity index is 645. The van der Waals surface area contributed by atoms with Gasteiger partial charge in [-0.2, -0.15) is 0 Å². The zero-order valence-electron chi connectivity index (χ0n) is 9.33. The first-order chi connectivity index (χ1) is 8.25. The molecule has 1 aromatic carbocycles. The van der Waals surface area contributed by atoms with E-state index in [1.165, 1.54) is 0 Å². The van der Waals surface area contributed by atoms with Gasteiger partial charge in [-0.3, -0.25) is 0 Å². The SMILES string of the molecule is Cn1cccc2nc(-c3ccccc3O)nc1-2. The van der Waals surface area contributed by atoms with Crippen molar-refractivity contribution in [3.05, 3.63) is 42.6 Å². The normalized spacial score (nSPS) is 10.9. The number of pyridine rings is 1. The molecule has 0 aromatic heterocycles. The summed E-state index contributed by atoms with van der Waals surface area (Å²) in [7, 11) is 1.92. The summed E-state index contributed by atoms with van der Waals surface area (Å²) in [6.45, 7) is 0. The van der Waals surface area contributed by atoms with Crippen LogP contribution in [-0.2, 0) is 7.05 Å². The summed E-state index contributed by atoms with van der Waals surface area (Å²) in [4.78, 5) is 8.85. The number of aromatic nitrogens is 3. The number of rotatable bonds is 1. The molecule has 4 nitrogen and oxygen atoms in total. The Labute approximate surface area is 98.5 Å². The molecular weight excluding hydrogens is 214 g/mol. The lowest BCUT2D eigenvalue weighted by Crippen LogP contribution is -1.95. The highest BCUT2D eigenvalue weighted by Gasteiger charge is 2.15. The number of phenolic OH excluding ortho intramolecular Hbond substituents is 1. The van der Waals surface area contributed by atoms with Crippen LogP contribution in [0.4, 0.5) is 0 Å². The van der Waals surface area contributed by atoms with Crippen molar-refractivity contribution in [1.82, 2.24) is 14.5 Å². The van der Waals surface area contributed by atoms with E-state index in [1.54, 1.807) is 12.1 Å². The summed E-state index contributed by atoms with van der Waals surface area (Å²) in [5.41, 5.74) is 1.48. The van der Waals surface area contributed by atoms with Gasteiger partial charge < -0.3 is 9.67 Å². The summed E-state index contributed by atoms with van der Waals surface area (Å²) in [6.07, 6.45) is 1.92. The number of imidazole rings is 1. The van der Waals surface area contributed by atoms with Crippen molar-refractivity contribution < 1.29 is 5.11 Å². The van der Waals surface area contributed by atoms with Gasteiger partial charge in [-0.15, -0.1) is 0 Å². The zero-order valence-corrected chi connectivity index (χ0v) is 9.33. The first-order valence-electron chi connectivity index (χ1n) is 5.33. The van der Waals surface area contributed by atoms with E-state index < -0.39 is 0 Å². The molecule has 0 aliphatic carbocycles. The molecule has 0 saturated heterocycles. The second kappa shape index (κ2) is 3.59. The lowest BCUT2D eigenvalue weighted by Gasteiger charge is -2.01. The Morgan fingerprint density at radius 3 is 2.65 bits per heavy atom. The Hall–Kier alpha value is -2.36. The fourth-order valence-corrected chi connectivity index (χ4v) is 1.84. The monoisotopic (exact) mass is 225 g/mol. The van der Waals surface area contributed by atoms with Crippen molar-refractivity contribution in [2.24, 2.45) is 7.05 Å². The Balaban J connectivity index is 2.23. The van der Waals surface area contributed by atoms with Crippen LogP contribution in [0.1, 0.15) is 0 Å². The molecule has 3 rings (SSSR count). The number of hydrogen-bond acceptors (Lipinski definition) is 3. The molecule has 17 heavy (non-hydrogen) atoms. The van der Waals surface area contributed by atoms with Crippen molar-refractivity contribution in [1.29, 1.82) is 0 Å². The standard InChI is InChI=1S/C13H11N3O/c1-16-8-4-6-10-13(16)15-12(14-10)9-5-2-3-7-11(9)17/h2-8,17H,1H3. The molecule has 2 aliphatic rings. The van der Waals surface area contributed by atoms with Gasteiger partial charge in [0.1, 0.15) is 11.4 Å². The molecule has 0 amide bonds. The van der Waals surface area contributed by atoms with Crippen LogP contribution in [0.5, 0.6) is 5.75 Å². The quantitative estimate of drug-likeness (QED) is 0.691. The summed E-state index contributed by atoms with van der Waals surface area (Å²) in [6, 6.07) is 10.9. The highest BCUT2D eigenvalue weighted by atomic mass is 16.3. The first kappa shape index (κ1) is 9.84. The third-order valence-electron chi connectivity index (χ3n) is 2.71. The highest BCUT2D eigenvalue weighted by molar-refractivity contribution is 5.68. The molecule has 2 heterocycles. The van der Waals surface area contributed by atoms with Crippen LogP contribution < -0.4 is 0 Å². The molecule has 0 atom stereocenters. The number of para-hydroxylation sites is 1. The summed E-state index contributed by atoms with van der Waals surface area (Å²) in [5.74, 6) is 1.57. The summed E-state index contributed by atoms with van der Waals surface area (Å²) < 4.78 is 1.91. The van der Waals surface area contributed by atoms with Crippen molar-refractivity contribution in [3.8, 4) is 28.7 Å². The second-order valence-electron chi connectivity index (χ2n) is 3.89. The molecule has 0 spiro atoms. The highest BCUT2D eigenvalue weighted by Crippen LogP contribution is 2.29. The van der Waals surface area contributed by atoms with E-state index in [9.17, 15) is 5.11 Å². The van der Waals surface area contributed by atoms with Gasteiger partial charge in [-0.1, -0.05) is 12.1 Å². The maximum atomic E-state index is 9.77. The minimum Gasteiger partial charge on any atom is -0.507 e. The van der Waals surface area contributed by atoms with Gasteiger partial charge in [-0.25, -0.2) is 9.97 Å². The minimum atomic E-state index is 0.199. The average Bonchev–Trinajstić information content (AvgIpc) is 2.75. The predicted molar refractivity (Wildman–Crippen MR) is 64.7 cm³/mol. The number of nitrogens with zero attached hydrogens (tertiary/aromatic N) is 3. The van der Waals surface area contributed by atoms with E-state index in [2.05, 4.69) is 9.97 Å². The van der Waals surface area contributed by atoms with Crippen LogP contribution in [-0.4, -0.2) is 19.6 Å². The Morgan fingerprint density at radius 1 is 1.06 bits per heavy atom. The number of aromatic hydroxyl groups is 1. The fraction of sp³-hybridized carbons (Fsp3) is 0.0769. The molecule has 4 heteroatoms. The smallest absolute Gasteiger partial charge is 0.166 e. The molecule has 1 aromatic rings. The van der Waals surface area contributed by atoms with Crippen LogP contribution in [0.25, 0.3) is 22.9 Å². The van der Waals surface area contributed by atoms with E-state index in [1.807, 2.05) is 42.1 Å². The third-order valence-corrected chi connectivity index (χ3v) is 2.71. The lowest BCUT2D eigenvalue weighted by atomic mass is 10.2. The lowest BCUT2D eigenvalue weighted by molar-refractivity contribution is 0.477. The van der Waals surface area contributed by atoms with Gasteiger partial charge >= 0.3 is 0 Å². The largest absolute Gasteiger partial charge is 0.507 e. The second-order valence-corrected chi connectivity index (χ2v) is 3.89. The molecule has 84 valence electrons. The molecule has 0 fully saturated rings. The molecule has 2 aliphatic heterocycles. The van der Waals surface area contributed by atoms with Gasteiger partial charge in [0.05, 0.1) is 5.56 Å². The average molecular weight is 225 g/mol. The van der Waals surface area contributed by atoms with E-state index in [0.29, 0.717) is 11.4 Å². The van der Waals surface area contributed by atoms with E-state index in [-0.39, 0.29) is 5.75 Å². The van der Waals surface area contributed by atoms with Crippen LogP contribution >= 0.6 is 0 Å². The number of hydrogen-bond donors (Lipinski definition) is 1. The number of phenols is 1. The van der Waals surface area contributed by atoms with Gasteiger partial charge in [0.15, 0.2) is 11.6 Å². The number of benzene rings is 1. The molecule has 0 bridgehead atoms. The van der Waals surface area contributed by atoms with Gasteiger partial charge in [-0.05, 0) is 24.3 Å². The fourth-order valence-electron chi connectivity index (χ4n) is 1.84. The molecule has 1 N–H and O–H groups in total. The van der Waals surface area contributed by atoms with Crippen molar-refractivity contribution >= 4 is 0 Å². The summed E-state index contributed by atoms with van der Waals surface area (Å²) >= 11 is 0. The Kier molecular flexibility index (Phi) is 2.08. The van der Waals surface area contributed by atoms with Gasteiger partial charge in [0.25, 0.3) is 0 Å². The first-order valence-corrected chi connectivity index (χ1v) is 5.33. The van der Waals surface area contributed by atoms with E-state index in [4.69, 9.17) is 0 Å². The van der Waals surface area contributed by atoms with Crippen LogP contribution in [0.15, 0.2) is 42.6 Å². The third kappa shape index (κ3) is 1.54. The van der Waals surface area contributed by atoms with E-state index >= 15 is 0 Å². The number of fused-ring (bicyclic) bond motifs is 1. The van der Waals surface area contributed by atoms with Gasteiger partial charge in [0, 0.05) is 13.2 Å². The van der Waals surface area contributed by atoms with Gasteiger partial charge in [0.2, 0.25) is 0 Å². The van der Waals surface area contributed by atoms with Crippen LogP contribution in [0.3, 0.4) is 0 Å². The van der Waals surface area contributed by atoms with E-state index in [0.717, 1.165) is 11.5 Å². The maximum absolute atomic E-state index is 9.77. The topological polar surface area (TPSA) is 50.9 Å². The summed E-state index contributed by atoms with van der Waals surface area (Å²) in [5, 5.41) is 9.77. The Morgan fingerprint density at radius 2 is 1.88 bits per heavy atom. The van der Waals surface area contributed by atoms with Crippen molar-refractivity contribution in [2.75, 3.05) is 0 Å². The predicted octanol–water partition coefficient (Wildman–Crippen LogP) is 2.29. The molecule has 0 radical (unpaired) electrons. The maximum Gasteiger partial charge on any atom is 0.166 e. The molecule has 0 saturated carbocycles. The molecular formula is C13H11N3O. The van der Waals surface area contributed by atoms with Crippen molar-refractivity contribution in [3.63, 3.8) is 0 Å². The molecule has 0 unspecified atom stereocenters. The van der Waals surface area contributed by atoms with Crippen molar-refractivity contribution in [2.45, 2.75) is 0 Å². The zero-order chi connectivity index (χ0) is 11.8. The van der Waals surface area contributed by atoms with Crippen LogP contribution in [0, 0.1) is 0 Å². The number of aryl methyl sites for hydroxylation is 1. The minimum absolute atomic E-state index is 0.199. The van der Waals surface area contributed by atoms with Crippen LogP contribution in [0.2, 0.25) is 0 Å².